The zero-order valence-electron chi connectivity index (χ0n) is 8.28. The van der Waals surface area contributed by atoms with E-state index in [-0.39, 0.29) is 5.91 Å². The molecule has 1 amide bonds. The van der Waals surface area contributed by atoms with Gasteiger partial charge in [0.25, 0.3) is 5.91 Å². The van der Waals surface area contributed by atoms with Gasteiger partial charge >= 0.3 is 0 Å². The first-order chi connectivity index (χ1) is 7.65. The molecule has 2 nitrogen and oxygen atoms in total. The molecular weight excluding hydrogens is 285 g/mol. The minimum Gasteiger partial charge on any atom is -0.334 e. The molecule has 2 atom stereocenters. The van der Waals surface area contributed by atoms with Crippen molar-refractivity contribution in [1.82, 2.24) is 4.90 Å². The number of amides is 1. The maximum Gasteiger partial charge on any atom is 0.256 e. The van der Waals surface area contributed by atoms with Crippen LogP contribution in [-0.4, -0.2) is 34.4 Å². The fourth-order valence-electron chi connectivity index (χ4n) is 2.29. The van der Waals surface area contributed by atoms with Crippen LogP contribution in [0.4, 0.5) is 0 Å². The second kappa shape index (κ2) is 4.09. The molecule has 1 aromatic heterocycles. The van der Waals surface area contributed by atoms with Gasteiger partial charge in [-0.2, -0.15) is 11.8 Å². The molecule has 2 aliphatic heterocycles. The number of likely N-dealkylation sites (tertiary alicyclic amines) is 1. The summed E-state index contributed by atoms with van der Waals surface area (Å²) >= 11 is 15.1. The Morgan fingerprint density at radius 3 is 2.81 bits per heavy atom. The van der Waals surface area contributed by atoms with E-state index in [0.29, 0.717) is 25.5 Å². The lowest BCUT2D eigenvalue weighted by atomic mass is 10.2. The van der Waals surface area contributed by atoms with Gasteiger partial charge in [-0.05, 0) is 12.5 Å². The summed E-state index contributed by atoms with van der Waals surface area (Å²) < 4.78 is 1.08. The molecule has 0 spiro atoms. The number of halogens is 2. The number of rotatable bonds is 1. The molecule has 86 valence electrons. The van der Waals surface area contributed by atoms with Gasteiger partial charge in [-0.25, -0.2) is 0 Å². The van der Waals surface area contributed by atoms with Crippen molar-refractivity contribution < 1.29 is 4.79 Å². The number of fused-ring (bicyclic) bond motifs is 2. The average molecular weight is 294 g/mol. The summed E-state index contributed by atoms with van der Waals surface area (Å²) in [5, 5.41) is 0.627. The molecule has 1 aromatic rings. The minimum absolute atomic E-state index is 0.0425. The fourth-order valence-corrected chi connectivity index (χ4v) is 5.17. The quantitative estimate of drug-likeness (QED) is 0.791. The number of thiophene rings is 1. The third kappa shape index (κ3) is 1.76. The Kier molecular flexibility index (Phi) is 2.86. The van der Waals surface area contributed by atoms with Crippen LogP contribution in [0.25, 0.3) is 0 Å². The lowest BCUT2D eigenvalue weighted by Crippen LogP contribution is -2.39. The van der Waals surface area contributed by atoms with E-state index in [1.54, 1.807) is 6.07 Å². The predicted octanol–water partition coefficient (Wildman–Crippen LogP) is 3.38. The monoisotopic (exact) mass is 293 g/mol. The first-order valence-electron chi connectivity index (χ1n) is 5.02. The van der Waals surface area contributed by atoms with Gasteiger partial charge in [0.05, 0.1) is 9.90 Å². The van der Waals surface area contributed by atoms with Crippen molar-refractivity contribution in [2.45, 2.75) is 17.7 Å². The van der Waals surface area contributed by atoms with Gasteiger partial charge in [0.1, 0.15) is 4.34 Å². The SMILES string of the molecule is O=C(c1cc(Cl)sc1Cl)N1CC2CC1CS2. The van der Waals surface area contributed by atoms with Crippen LogP contribution in [0.5, 0.6) is 0 Å². The van der Waals surface area contributed by atoms with E-state index in [0.717, 1.165) is 18.7 Å². The van der Waals surface area contributed by atoms with Crippen LogP contribution in [0.3, 0.4) is 0 Å². The Morgan fingerprint density at radius 2 is 2.31 bits per heavy atom. The molecule has 0 saturated carbocycles. The Hall–Kier alpha value is 0.1000. The Morgan fingerprint density at radius 1 is 1.50 bits per heavy atom. The molecule has 0 aliphatic carbocycles. The van der Waals surface area contributed by atoms with Crippen molar-refractivity contribution in [3.8, 4) is 0 Å². The number of thioether (sulfide) groups is 1. The molecule has 16 heavy (non-hydrogen) atoms. The summed E-state index contributed by atoms with van der Waals surface area (Å²) in [5.41, 5.74) is 0.564. The lowest BCUT2D eigenvalue weighted by Gasteiger charge is -2.26. The summed E-state index contributed by atoms with van der Waals surface area (Å²) in [6.07, 6.45) is 1.13. The Balaban J connectivity index is 1.86. The van der Waals surface area contributed by atoms with Crippen LogP contribution >= 0.6 is 46.3 Å². The van der Waals surface area contributed by atoms with Gasteiger partial charge in [0, 0.05) is 23.6 Å². The van der Waals surface area contributed by atoms with Gasteiger partial charge in [-0.3, -0.25) is 4.79 Å². The highest BCUT2D eigenvalue weighted by molar-refractivity contribution is 8.00. The first-order valence-corrected chi connectivity index (χ1v) is 7.64. The number of carbonyl (C=O) groups is 1. The maximum atomic E-state index is 12.3. The lowest BCUT2D eigenvalue weighted by molar-refractivity contribution is 0.0748. The third-order valence-corrected chi connectivity index (χ3v) is 5.93. The van der Waals surface area contributed by atoms with Crippen LogP contribution in [-0.2, 0) is 0 Å². The number of hydrogen-bond acceptors (Lipinski definition) is 3. The van der Waals surface area contributed by atoms with Crippen LogP contribution in [0.1, 0.15) is 16.8 Å². The second-order valence-electron chi connectivity index (χ2n) is 4.04. The van der Waals surface area contributed by atoms with Crippen molar-refractivity contribution in [2.24, 2.45) is 0 Å². The van der Waals surface area contributed by atoms with Crippen molar-refractivity contribution in [1.29, 1.82) is 0 Å². The number of hydrogen-bond donors (Lipinski definition) is 0. The molecule has 2 saturated heterocycles. The summed E-state index contributed by atoms with van der Waals surface area (Å²) in [6.45, 7) is 0.859. The minimum atomic E-state index is 0.0425. The molecule has 2 bridgehead atoms. The smallest absolute Gasteiger partial charge is 0.256 e. The van der Waals surface area contributed by atoms with Crippen LogP contribution in [0.15, 0.2) is 6.07 Å². The molecule has 2 unspecified atom stereocenters. The van der Waals surface area contributed by atoms with E-state index in [1.165, 1.54) is 11.3 Å². The molecule has 2 aliphatic rings. The largest absolute Gasteiger partial charge is 0.334 e. The van der Waals surface area contributed by atoms with Crippen molar-refractivity contribution in [2.75, 3.05) is 12.3 Å². The van der Waals surface area contributed by atoms with Crippen LogP contribution in [0.2, 0.25) is 8.67 Å². The summed E-state index contributed by atoms with van der Waals surface area (Å²) in [4.78, 5) is 14.2. The van der Waals surface area contributed by atoms with E-state index in [9.17, 15) is 4.79 Å². The molecule has 6 heteroatoms. The third-order valence-electron chi connectivity index (χ3n) is 3.05. The molecule has 0 aromatic carbocycles. The molecule has 0 N–H and O–H groups in total. The van der Waals surface area contributed by atoms with Crippen LogP contribution in [0, 0.1) is 0 Å². The maximum absolute atomic E-state index is 12.3. The van der Waals surface area contributed by atoms with E-state index < -0.39 is 0 Å². The Labute approximate surface area is 112 Å². The van der Waals surface area contributed by atoms with E-state index in [4.69, 9.17) is 23.2 Å². The van der Waals surface area contributed by atoms with Crippen molar-refractivity contribution >= 4 is 52.2 Å². The van der Waals surface area contributed by atoms with Gasteiger partial charge in [0.15, 0.2) is 0 Å². The van der Waals surface area contributed by atoms with Crippen molar-refractivity contribution in [3.05, 3.63) is 20.3 Å². The van der Waals surface area contributed by atoms with E-state index >= 15 is 0 Å². The first kappa shape index (κ1) is 11.2. The zero-order chi connectivity index (χ0) is 11.3. The molecule has 2 fully saturated rings. The molecular formula is C10H9Cl2NOS2. The van der Waals surface area contributed by atoms with Crippen LogP contribution < -0.4 is 0 Å². The fraction of sp³-hybridized carbons (Fsp3) is 0.500. The zero-order valence-corrected chi connectivity index (χ0v) is 11.4. The number of nitrogens with zero attached hydrogens (tertiary/aromatic N) is 1. The number of carbonyl (C=O) groups excluding carboxylic acids is 1. The van der Waals surface area contributed by atoms with Gasteiger partial charge in [0.2, 0.25) is 0 Å². The standard InChI is InChI=1S/C10H9Cl2NOS2/c11-8-2-7(9(12)16-8)10(14)13-3-6-1-5(13)4-15-6/h2,5-6H,1,3-4H2. The molecule has 3 heterocycles. The normalized spacial score (nSPS) is 27.8. The highest BCUT2D eigenvalue weighted by Crippen LogP contribution is 2.40. The van der Waals surface area contributed by atoms with Crippen molar-refractivity contribution in [3.63, 3.8) is 0 Å². The predicted molar refractivity (Wildman–Crippen MR) is 70.0 cm³/mol. The van der Waals surface area contributed by atoms with Gasteiger partial charge in [-0.15, -0.1) is 11.3 Å². The molecule has 0 radical (unpaired) electrons. The summed E-state index contributed by atoms with van der Waals surface area (Å²) in [6, 6.07) is 2.08. The Bertz CT molecular complexity index is 448. The second-order valence-corrected chi connectivity index (χ2v) is 7.66. The average Bonchev–Trinajstić information content (AvgIpc) is 2.91. The topological polar surface area (TPSA) is 20.3 Å². The van der Waals surface area contributed by atoms with Gasteiger partial charge < -0.3 is 4.90 Å². The van der Waals surface area contributed by atoms with Gasteiger partial charge in [-0.1, -0.05) is 23.2 Å². The van der Waals surface area contributed by atoms with E-state index in [2.05, 4.69) is 0 Å². The highest BCUT2D eigenvalue weighted by Gasteiger charge is 2.41. The van der Waals surface area contributed by atoms with E-state index in [1.807, 2.05) is 16.7 Å². The highest BCUT2D eigenvalue weighted by atomic mass is 35.5. The summed E-state index contributed by atoms with van der Waals surface area (Å²) in [7, 11) is 0. The summed E-state index contributed by atoms with van der Waals surface area (Å²) in [5.74, 6) is 1.10. The molecule has 3 rings (SSSR count).